The zero-order valence-corrected chi connectivity index (χ0v) is 10.6. The van der Waals surface area contributed by atoms with Crippen LogP contribution in [0.25, 0.3) is 0 Å². The van der Waals surface area contributed by atoms with Crippen molar-refractivity contribution in [2.24, 2.45) is 0 Å². The number of halogens is 8. The molecule has 0 radical (unpaired) electrons. The molecule has 0 heterocycles. The molecule has 0 amide bonds. The highest BCUT2D eigenvalue weighted by Gasteiger charge is 2.35. The van der Waals surface area contributed by atoms with Gasteiger partial charge in [0.1, 0.15) is 11.6 Å². The standard InChI is InChI=1S/C12H3BF8O2/c14-3-1-4(15)7(16)5(2-3)23-13(22)6-8(17)10(19)12(21)11(20)9(6)18/h1-2,22H. The quantitative estimate of drug-likeness (QED) is 0.402. The van der Waals surface area contributed by atoms with Crippen molar-refractivity contribution < 1.29 is 44.8 Å². The third kappa shape index (κ3) is 2.96. The average Bonchev–Trinajstić information content (AvgIpc) is 2.48. The molecule has 0 aliphatic rings. The summed E-state index contributed by atoms with van der Waals surface area (Å²) in [5.41, 5.74) is -1.84. The lowest BCUT2D eigenvalue weighted by Crippen LogP contribution is -2.43. The van der Waals surface area contributed by atoms with Crippen molar-refractivity contribution in [3.63, 3.8) is 0 Å². The molecule has 23 heavy (non-hydrogen) atoms. The molecular formula is C12H3BF8O2. The molecule has 2 aromatic rings. The monoisotopic (exact) mass is 342 g/mol. The number of benzene rings is 2. The molecule has 0 aliphatic carbocycles. The van der Waals surface area contributed by atoms with Gasteiger partial charge in [-0.25, -0.2) is 30.7 Å². The molecule has 122 valence electrons. The number of rotatable bonds is 3. The van der Waals surface area contributed by atoms with E-state index in [-0.39, 0.29) is 12.1 Å². The molecule has 0 bridgehead atoms. The zero-order chi connectivity index (χ0) is 17.5. The first-order valence-electron chi connectivity index (χ1n) is 5.65. The summed E-state index contributed by atoms with van der Waals surface area (Å²) < 4.78 is 109. The van der Waals surface area contributed by atoms with Crippen LogP contribution in [0.15, 0.2) is 12.1 Å². The normalized spacial score (nSPS) is 10.8. The van der Waals surface area contributed by atoms with E-state index >= 15 is 0 Å². The summed E-state index contributed by atoms with van der Waals surface area (Å²) in [6.07, 6.45) is 0. The van der Waals surface area contributed by atoms with Crippen molar-refractivity contribution >= 4 is 12.6 Å². The summed E-state index contributed by atoms with van der Waals surface area (Å²) >= 11 is 0. The Hall–Kier alpha value is -2.30. The van der Waals surface area contributed by atoms with Crippen LogP contribution in [0.3, 0.4) is 0 Å². The predicted octanol–water partition coefficient (Wildman–Crippen LogP) is 2.57. The molecule has 2 rings (SSSR count). The summed E-state index contributed by atoms with van der Waals surface area (Å²) in [4.78, 5) is 0. The lowest BCUT2D eigenvalue weighted by Gasteiger charge is -2.13. The average molecular weight is 342 g/mol. The maximum Gasteiger partial charge on any atom is 0.566 e. The molecule has 0 fully saturated rings. The van der Waals surface area contributed by atoms with Gasteiger partial charge in [0, 0.05) is 12.1 Å². The molecule has 2 nitrogen and oxygen atoms in total. The van der Waals surface area contributed by atoms with Crippen molar-refractivity contribution in [1.82, 2.24) is 0 Å². The summed E-state index contributed by atoms with van der Waals surface area (Å²) in [5.74, 6) is -18.4. The Morgan fingerprint density at radius 3 is 1.70 bits per heavy atom. The third-order valence-electron chi connectivity index (χ3n) is 2.69. The minimum atomic E-state index is -2.92. The minimum Gasteiger partial charge on any atom is -0.530 e. The highest BCUT2D eigenvalue weighted by Crippen LogP contribution is 2.23. The third-order valence-corrected chi connectivity index (χ3v) is 2.69. The maximum absolute atomic E-state index is 13.4. The smallest absolute Gasteiger partial charge is 0.530 e. The molecule has 0 saturated heterocycles. The van der Waals surface area contributed by atoms with Crippen LogP contribution in [0.4, 0.5) is 35.1 Å². The van der Waals surface area contributed by atoms with Gasteiger partial charge in [-0.15, -0.1) is 0 Å². The van der Waals surface area contributed by atoms with E-state index in [9.17, 15) is 40.1 Å². The minimum absolute atomic E-state index is 0.104. The second-order valence-electron chi connectivity index (χ2n) is 4.15. The van der Waals surface area contributed by atoms with Crippen LogP contribution in [-0.2, 0) is 0 Å². The fraction of sp³-hybridized carbons (Fsp3) is 0. The molecule has 0 unspecified atom stereocenters. The Balaban J connectivity index is 2.49. The van der Waals surface area contributed by atoms with Gasteiger partial charge in [-0.2, -0.15) is 4.39 Å². The Morgan fingerprint density at radius 1 is 0.696 bits per heavy atom. The first kappa shape index (κ1) is 17.1. The van der Waals surface area contributed by atoms with E-state index in [0.717, 1.165) is 0 Å². The van der Waals surface area contributed by atoms with Gasteiger partial charge >= 0.3 is 7.12 Å². The van der Waals surface area contributed by atoms with Crippen molar-refractivity contribution in [3.05, 3.63) is 58.7 Å². The SMILES string of the molecule is OB(Oc1cc(F)cc(F)c1F)c1c(F)c(F)c(F)c(F)c1F. The summed E-state index contributed by atoms with van der Waals surface area (Å²) in [7, 11) is -2.92. The van der Waals surface area contributed by atoms with Gasteiger partial charge in [-0.1, -0.05) is 0 Å². The lowest BCUT2D eigenvalue weighted by molar-refractivity contribution is 0.368. The van der Waals surface area contributed by atoms with Crippen molar-refractivity contribution in [2.75, 3.05) is 0 Å². The van der Waals surface area contributed by atoms with Crippen LogP contribution in [0, 0.1) is 46.5 Å². The largest absolute Gasteiger partial charge is 0.566 e. The molecule has 0 aromatic heterocycles. The van der Waals surface area contributed by atoms with Crippen LogP contribution in [0.1, 0.15) is 0 Å². The van der Waals surface area contributed by atoms with Crippen LogP contribution < -0.4 is 10.1 Å². The maximum atomic E-state index is 13.4. The second-order valence-corrected chi connectivity index (χ2v) is 4.15. The van der Waals surface area contributed by atoms with E-state index in [1.54, 1.807) is 0 Å². The van der Waals surface area contributed by atoms with Gasteiger partial charge in [-0.3, -0.25) is 0 Å². The Bertz CT molecular complexity index is 753. The Labute approximate surface area is 123 Å². The van der Waals surface area contributed by atoms with E-state index in [0.29, 0.717) is 0 Å². The fourth-order valence-corrected chi connectivity index (χ4v) is 1.64. The van der Waals surface area contributed by atoms with Crippen molar-refractivity contribution in [2.45, 2.75) is 0 Å². The van der Waals surface area contributed by atoms with Gasteiger partial charge in [0.25, 0.3) is 0 Å². The van der Waals surface area contributed by atoms with E-state index < -0.39 is 64.9 Å². The molecule has 0 aliphatic heterocycles. The Morgan fingerprint density at radius 2 is 1.17 bits per heavy atom. The molecule has 0 spiro atoms. The second kappa shape index (κ2) is 6.07. The molecule has 0 atom stereocenters. The van der Waals surface area contributed by atoms with E-state index in [1.807, 2.05) is 0 Å². The van der Waals surface area contributed by atoms with Crippen molar-refractivity contribution in [1.29, 1.82) is 0 Å². The Kier molecular flexibility index (Phi) is 4.50. The zero-order valence-electron chi connectivity index (χ0n) is 10.6. The van der Waals surface area contributed by atoms with E-state index in [4.69, 9.17) is 0 Å². The highest BCUT2D eigenvalue weighted by molar-refractivity contribution is 6.60. The predicted molar refractivity (Wildman–Crippen MR) is 60.8 cm³/mol. The van der Waals surface area contributed by atoms with Gasteiger partial charge in [-0.05, 0) is 0 Å². The van der Waals surface area contributed by atoms with Crippen LogP contribution in [0.2, 0.25) is 0 Å². The van der Waals surface area contributed by atoms with Gasteiger partial charge in [0.2, 0.25) is 0 Å². The first-order chi connectivity index (χ1) is 10.6. The molecular weight excluding hydrogens is 339 g/mol. The number of hydrogen-bond donors (Lipinski definition) is 1. The molecule has 1 N–H and O–H groups in total. The molecule has 11 heteroatoms. The topological polar surface area (TPSA) is 29.5 Å². The van der Waals surface area contributed by atoms with Crippen molar-refractivity contribution in [3.8, 4) is 5.75 Å². The van der Waals surface area contributed by atoms with Crippen LogP contribution >= 0.6 is 0 Å². The van der Waals surface area contributed by atoms with Gasteiger partial charge in [0.05, 0.1) is 5.46 Å². The summed E-state index contributed by atoms with van der Waals surface area (Å²) in [6.45, 7) is 0. The van der Waals surface area contributed by atoms with Crippen LogP contribution in [-0.4, -0.2) is 12.1 Å². The molecule has 2 aromatic carbocycles. The van der Waals surface area contributed by atoms with E-state index in [2.05, 4.69) is 4.65 Å². The number of hydrogen-bond acceptors (Lipinski definition) is 2. The highest BCUT2D eigenvalue weighted by atomic mass is 19.2. The van der Waals surface area contributed by atoms with Gasteiger partial charge < -0.3 is 9.68 Å². The van der Waals surface area contributed by atoms with Gasteiger partial charge in [0.15, 0.2) is 40.7 Å². The molecule has 0 saturated carbocycles. The van der Waals surface area contributed by atoms with E-state index in [1.165, 1.54) is 0 Å². The summed E-state index contributed by atoms with van der Waals surface area (Å²) in [5, 5.41) is 9.41. The lowest BCUT2D eigenvalue weighted by atomic mass is 9.78. The first-order valence-corrected chi connectivity index (χ1v) is 5.65. The van der Waals surface area contributed by atoms with Crippen LogP contribution in [0.5, 0.6) is 5.75 Å². The summed E-state index contributed by atoms with van der Waals surface area (Å²) in [6, 6.07) is 0.306. The fourth-order valence-electron chi connectivity index (χ4n) is 1.64.